The third-order valence-electron chi connectivity index (χ3n) is 1.79. The molecular formula is C11H13ClINO2. The lowest BCUT2D eigenvalue weighted by Gasteiger charge is -2.07. The summed E-state index contributed by atoms with van der Waals surface area (Å²) in [6.45, 7) is 2.65. The van der Waals surface area contributed by atoms with E-state index in [1.807, 2.05) is 13.0 Å². The molecule has 88 valence electrons. The summed E-state index contributed by atoms with van der Waals surface area (Å²) >= 11 is 8.14. The molecule has 0 spiro atoms. The number of anilines is 1. The van der Waals surface area contributed by atoms with Gasteiger partial charge in [0.2, 0.25) is 5.91 Å². The molecular weight excluding hydrogens is 340 g/mol. The molecule has 0 aliphatic rings. The van der Waals surface area contributed by atoms with Crippen molar-refractivity contribution in [3.8, 4) is 0 Å². The second kappa shape index (κ2) is 7.09. The summed E-state index contributed by atoms with van der Waals surface area (Å²) in [5, 5.41) is 3.23. The Morgan fingerprint density at radius 1 is 1.56 bits per heavy atom. The fraction of sp³-hybridized carbons (Fsp3) is 0.364. The molecule has 0 bridgehead atoms. The van der Waals surface area contributed by atoms with Crippen molar-refractivity contribution in [2.75, 3.05) is 18.5 Å². The van der Waals surface area contributed by atoms with Crippen LogP contribution in [0.1, 0.15) is 13.3 Å². The molecule has 0 aliphatic heterocycles. The van der Waals surface area contributed by atoms with Gasteiger partial charge in [-0.15, -0.1) is 0 Å². The number of carbonyl (C=O) groups excluding carboxylic acids is 1. The van der Waals surface area contributed by atoms with Crippen LogP contribution in [0.2, 0.25) is 5.02 Å². The summed E-state index contributed by atoms with van der Waals surface area (Å²) in [4.78, 5) is 11.4. The van der Waals surface area contributed by atoms with Gasteiger partial charge < -0.3 is 10.1 Å². The predicted octanol–water partition coefficient (Wildman–Crippen LogP) is 3.31. The predicted molar refractivity (Wildman–Crippen MR) is 73.9 cm³/mol. The Labute approximate surface area is 114 Å². The highest BCUT2D eigenvalue weighted by Crippen LogP contribution is 2.23. The van der Waals surface area contributed by atoms with E-state index in [-0.39, 0.29) is 12.5 Å². The maximum Gasteiger partial charge on any atom is 0.250 e. The number of ether oxygens (including phenoxy) is 1. The van der Waals surface area contributed by atoms with Gasteiger partial charge in [0, 0.05) is 10.2 Å². The van der Waals surface area contributed by atoms with Crippen molar-refractivity contribution in [1.29, 1.82) is 0 Å². The molecule has 1 amide bonds. The summed E-state index contributed by atoms with van der Waals surface area (Å²) in [6.07, 6.45) is 0.900. The molecule has 3 nitrogen and oxygen atoms in total. The summed E-state index contributed by atoms with van der Waals surface area (Å²) in [5.41, 5.74) is 0.618. The number of halogens is 2. The minimum atomic E-state index is -0.184. The van der Waals surface area contributed by atoms with Crippen LogP contribution in [0.25, 0.3) is 0 Å². The molecule has 1 aromatic rings. The number of amides is 1. The van der Waals surface area contributed by atoms with E-state index in [0.717, 1.165) is 9.99 Å². The standard InChI is InChI=1S/C11H13ClINO2/c1-2-5-16-7-11(15)14-10-4-3-8(13)6-9(10)12/h3-4,6H,2,5,7H2,1H3,(H,14,15). The topological polar surface area (TPSA) is 38.3 Å². The second-order valence-electron chi connectivity index (χ2n) is 3.22. The van der Waals surface area contributed by atoms with Gasteiger partial charge >= 0.3 is 0 Å². The minimum absolute atomic E-state index is 0.0656. The third-order valence-corrected chi connectivity index (χ3v) is 2.77. The van der Waals surface area contributed by atoms with Gasteiger partial charge in [0.1, 0.15) is 6.61 Å². The van der Waals surface area contributed by atoms with Gasteiger partial charge in [-0.25, -0.2) is 0 Å². The van der Waals surface area contributed by atoms with Crippen molar-refractivity contribution in [1.82, 2.24) is 0 Å². The van der Waals surface area contributed by atoms with Gasteiger partial charge in [-0.2, -0.15) is 0 Å². The van der Waals surface area contributed by atoms with E-state index in [4.69, 9.17) is 16.3 Å². The molecule has 1 N–H and O–H groups in total. The van der Waals surface area contributed by atoms with E-state index in [1.54, 1.807) is 12.1 Å². The molecule has 0 aromatic heterocycles. The SMILES string of the molecule is CCCOCC(=O)Nc1ccc(I)cc1Cl. The van der Waals surface area contributed by atoms with E-state index < -0.39 is 0 Å². The number of hydrogen-bond acceptors (Lipinski definition) is 2. The lowest BCUT2D eigenvalue weighted by atomic mass is 10.3. The molecule has 16 heavy (non-hydrogen) atoms. The van der Waals surface area contributed by atoms with Crippen LogP contribution in [0.5, 0.6) is 0 Å². The summed E-state index contributed by atoms with van der Waals surface area (Å²) in [7, 11) is 0. The molecule has 0 unspecified atom stereocenters. The lowest BCUT2D eigenvalue weighted by Crippen LogP contribution is -2.18. The Bertz CT molecular complexity index is 371. The average Bonchev–Trinajstić information content (AvgIpc) is 2.23. The smallest absolute Gasteiger partial charge is 0.250 e. The van der Waals surface area contributed by atoms with E-state index >= 15 is 0 Å². The average molecular weight is 354 g/mol. The van der Waals surface area contributed by atoms with Crippen molar-refractivity contribution >= 4 is 45.8 Å². The van der Waals surface area contributed by atoms with Crippen molar-refractivity contribution in [2.24, 2.45) is 0 Å². The molecule has 0 fully saturated rings. The van der Waals surface area contributed by atoms with Crippen LogP contribution >= 0.6 is 34.2 Å². The van der Waals surface area contributed by atoms with Crippen LogP contribution in [0.15, 0.2) is 18.2 Å². The van der Waals surface area contributed by atoms with Crippen molar-refractivity contribution in [3.63, 3.8) is 0 Å². The van der Waals surface area contributed by atoms with Crippen LogP contribution in [0.4, 0.5) is 5.69 Å². The monoisotopic (exact) mass is 353 g/mol. The van der Waals surface area contributed by atoms with Crippen LogP contribution < -0.4 is 5.32 Å². The largest absolute Gasteiger partial charge is 0.372 e. The summed E-state index contributed by atoms with van der Waals surface area (Å²) in [6, 6.07) is 5.46. The van der Waals surface area contributed by atoms with Gasteiger partial charge in [-0.05, 0) is 47.2 Å². The quantitative estimate of drug-likeness (QED) is 0.651. The minimum Gasteiger partial charge on any atom is -0.372 e. The first-order valence-electron chi connectivity index (χ1n) is 4.96. The van der Waals surface area contributed by atoms with E-state index in [2.05, 4.69) is 27.9 Å². The highest BCUT2D eigenvalue weighted by molar-refractivity contribution is 14.1. The molecule has 0 radical (unpaired) electrons. The second-order valence-corrected chi connectivity index (χ2v) is 4.88. The Morgan fingerprint density at radius 2 is 2.31 bits per heavy atom. The van der Waals surface area contributed by atoms with Crippen LogP contribution in [-0.4, -0.2) is 19.1 Å². The summed E-state index contributed by atoms with van der Waals surface area (Å²) < 4.78 is 6.15. The van der Waals surface area contributed by atoms with Crippen LogP contribution in [-0.2, 0) is 9.53 Å². The highest BCUT2D eigenvalue weighted by Gasteiger charge is 2.05. The van der Waals surface area contributed by atoms with Gasteiger partial charge in [-0.3, -0.25) is 4.79 Å². The molecule has 0 saturated carbocycles. The van der Waals surface area contributed by atoms with E-state index in [0.29, 0.717) is 17.3 Å². The highest BCUT2D eigenvalue weighted by atomic mass is 127. The number of benzene rings is 1. The first-order valence-corrected chi connectivity index (χ1v) is 6.41. The zero-order valence-corrected chi connectivity index (χ0v) is 11.8. The molecule has 0 heterocycles. The van der Waals surface area contributed by atoms with E-state index in [9.17, 15) is 4.79 Å². The first kappa shape index (κ1) is 13.7. The van der Waals surface area contributed by atoms with Crippen LogP contribution in [0, 0.1) is 3.57 Å². The van der Waals surface area contributed by atoms with Crippen molar-refractivity contribution < 1.29 is 9.53 Å². The molecule has 1 aromatic carbocycles. The summed E-state index contributed by atoms with van der Waals surface area (Å²) in [5.74, 6) is -0.184. The number of carbonyl (C=O) groups is 1. The van der Waals surface area contributed by atoms with E-state index in [1.165, 1.54) is 0 Å². The Balaban J connectivity index is 2.49. The van der Waals surface area contributed by atoms with Gasteiger partial charge in [0.25, 0.3) is 0 Å². The molecule has 0 saturated heterocycles. The number of hydrogen-bond donors (Lipinski definition) is 1. The van der Waals surface area contributed by atoms with Gasteiger partial charge in [-0.1, -0.05) is 18.5 Å². The van der Waals surface area contributed by atoms with Crippen molar-refractivity contribution in [2.45, 2.75) is 13.3 Å². The number of nitrogens with one attached hydrogen (secondary N) is 1. The lowest BCUT2D eigenvalue weighted by molar-refractivity contribution is -0.120. The Hall–Kier alpha value is -0.330. The molecule has 5 heteroatoms. The normalized spacial score (nSPS) is 10.2. The van der Waals surface area contributed by atoms with Crippen molar-refractivity contribution in [3.05, 3.63) is 26.8 Å². The molecule has 0 atom stereocenters. The first-order chi connectivity index (χ1) is 7.63. The van der Waals surface area contributed by atoms with Gasteiger partial charge in [0.15, 0.2) is 0 Å². The fourth-order valence-electron chi connectivity index (χ4n) is 1.09. The fourth-order valence-corrected chi connectivity index (χ4v) is 1.99. The maximum absolute atomic E-state index is 11.4. The zero-order valence-electron chi connectivity index (χ0n) is 8.93. The molecule has 1 rings (SSSR count). The Kier molecular flexibility index (Phi) is 6.08. The van der Waals surface area contributed by atoms with Gasteiger partial charge in [0.05, 0.1) is 10.7 Å². The maximum atomic E-state index is 11.4. The van der Waals surface area contributed by atoms with Crippen LogP contribution in [0.3, 0.4) is 0 Å². The molecule has 0 aliphatic carbocycles. The number of rotatable bonds is 5. The Morgan fingerprint density at radius 3 is 2.94 bits per heavy atom. The third kappa shape index (κ3) is 4.67. The zero-order chi connectivity index (χ0) is 12.0.